The van der Waals surface area contributed by atoms with Crippen LogP contribution in [0.25, 0.3) is 10.2 Å². The van der Waals surface area contributed by atoms with Gasteiger partial charge in [-0.1, -0.05) is 23.7 Å². The minimum atomic E-state index is -1.24. The van der Waals surface area contributed by atoms with Crippen molar-refractivity contribution in [3.8, 4) is 0 Å². The van der Waals surface area contributed by atoms with Gasteiger partial charge in [-0.05, 0) is 30.3 Å². The van der Waals surface area contributed by atoms with E-state index in [1.807, 2.05) is 24.3 Å². The average molecular weight is 323 g/mol. The third-order valence-electron chi connectivity index (χ3n) is 2.81. The SMILES string of the molecule is Nc1ccc(Cl)cc1S(=O)Cc1nc2ccccc2s1. The molecule has 0 saturated heterocycles. The van der Waals surface area contributed by atoms with Crippen molar-refractivity contribution in [1.29, 1.82) is 0 Å². The Bertz CT molecular complexity index is 768. The van der Waals surface area contributed by atoms with E-state index in [4.69, 9.17) is 17.3 Å². The molecule has 0 spiro atoms. The summed E-state index contributed by atoms with van der Waals surface area (Å²) in [5.74, 6) is 0.351. The largest absolute Gasteiger partial charge is 0.398 e. The van der Waals surface area contributed by atoms with Crippen molar-refractivity contribution in [1.82, 2.24) is 4.98 Å². The number of rotatable bonds is 3. The molecule has 3 aromatic rings. The molecule has 0 aliphatic carbocycles. The summed E-state index contributed by atoms with van der Waals surface area (Å²) in [6.45, 7) is 0. The molecule has 20 heavy (non-hydrogen) atoms. The van der Waals surface area contributed by atoms with Crippen LogP contribution in [0, 0.1) is 0 Å². The molecule has 102 valence electrons. The molecule has 6 heteroatoms. The first-order chi connectivity index (χ1) is 9.63. The number of hydrogen-bond acceptors (Lipinski definition) is 4. The van der Waals surface area contributed by atoms with E-state index in [1.165, 1.54) is 0 Å². The fourth-order valence-electron chi connectivity index (χ4n) is 1.88. The second kappa shape index (κ2) is 5.52. The van der Waals surface area contributed by atoms with Gasteiger partial charge in [0.25, 0.3) is 0 Å². The number of anilines is 1. The highest BCUT2D eigenvalue weighted by molar-refractivity contribution is 7.84. The maximum absolute atomic E-state index is 12.4. The predicted molar refractivity (Wildman–Crippen MR) is 85.6 cm³/mol. The molecule has 0 bridgehead atoms. The topological polar surface area (TPSA) is 56.0 Å². The summed E-state index contributed by atoms with van der Waals surface area (Å²) in [6, 6.07) is 12.9. The third-order valence-corrected chi connectivity index (χ3v) is 5.65. The Morgan fingerprint density at radius 2 is 2.05 bits per heavy atom. The van der Waals surface area contributed by atoms with Crippen molar-refractivity contribution in [2.45, 2.75) is 10.6 Å². The van der Waals surface area contributed by atoms with Gasteiger partial charge < -0.3 is 5.73 Å². The highest BCUT2D eigenvalue weighted by Gasteiger charge is 2.12. The van der Waals surface area contributed by atoms with Crippen LogP contribution in [-0.4, -0.2) is 9.19 Å². The summed E-state index contributed by atoms with van der Waals surface area (Å²) in [5, 5.41) is 1.37. The number of halogens is 1. The Balaban J connectivity index is 1.90. The van der Waals surface area contributed by atoms with E-state index in [9.17, 15) is 4.21 Å². The van der Waals surface area contributed by atoms with E-state index in [2.05, 4.69) is 4.98 Å². The van der Waals surface area contributed by atoms with E-state index in [-0.39, 0.29) is 0 Å². The van der Waals surface area contributed by atoms with Crippen LogP contribution >= 0.6 is 22.9 Å². The first kappa shape index (κ1) is 13.5. The van der Waals surface area contributed by atoms with Crippen LogP contribution in [-0.2, 0) is 16.6 Å². The Hall–Kier alpha value is -1.43. The lowest BCUT2D eigenvalue weighted by molar-refractivity contribution is 0.683. The molecular formula is C14H11ClN2OS2. The van der Waals surface area contributed by atoms with Gasteiger partial charge in [0, 0.05) is 10.7 Å². The fourth-order valence-corrected chi connectivity index (χ4v) is 4.47. The zero-order chi connectivity index (χ0) is 14.1. The number of nitrogen functional groups attached to an aromatic ring is 1. The average Bonchev–Trinajstić information content (AvgIpc) is 2.83. The maximum atomic E-state index is 12.4. The van der Waals surface area contributed by atoms with Crippen molar-refractivity contribution in [2.75, 3.05) is 5.73 Å². The molecule has 0 amide bonds. The molecule has 3 rings (SSSR count). The van der Waals surface area contributed by atoms with E-state index in [0.29, 0.717) is 21.4 Å². The van der Waals surface area contributed by atoms with Crippen molar-refractivity contribution in [3.63, 3.8) is 0 Å². The molecule has 0 fully saturated rings. The van der Waals surface area contributed by atoms with Gasteiger partial charge >= 0.3 is 0 Å². The number of para-hydroxylation sites is 1. The molecule has 2 N–H and O–H groups in total. The summed E-state index contributed by atoms with van der Waals surface area (Å²) >= 11 is 7.48. The van der Waals surface area contributed by atoms with Gasteiger partial charge in [-0.25, -0.2) is 4.98 Å². The Kier molecular flexibility index (Phi) is 3.74. The monoisotopic (exact) mass is 322 g/mol. The van der Waals surface area contributed by atoms with E-state index in [0.717, 1.165) is 15.2 Å². The normalized spacial score (nSPS) is 12.7. The predicted octanol–water partition coefficient (Wildman–Crippen LogP) is 3.84. The van der Waals surface area contributed by atoms with Crippen LogP contribution in [0.1, 0.15) is 5.01 Å². The number of hydrogen-bond donors (Lipinski definition) is 1. The minimum Gasteiger partial charge on any atom is -0.398 e. The molecule has 1 unspecified atom stereocenters. The lowest BCUT2D eigenvalue weighted by Crippen LogP contribution is -2.00. The van der Waals surface area contributed by atoms with Gasteiger partial charge in [0.1, 0.15) is 5.01 Å². The standard InChI is InChI=1S/C14H11ClN2OS2/c15-9-5-6-10(16)13(7-9)20(18)8-14-17-11-3-1-2-4-12(11)19-14/h1-7H,8,16H2. The summed E-state index contributed by atoms with van der Waals surface area (Å²) < 4.78 is 13.5. The number of aromatic nitrogens is 1. The van der Waals surface area contributed by atoms with Crippen molar-refractivity contribution in [2.24, 2.45) is 0 Å². The minimum absolute atomic E-state index is 0.351. The number of fused-ring (bicyclic) bond motifs is 1. The first-order valence-corrected chi connectivity index (χ1v) is 8.42. The van der Waals surface area contributed by atoms with Gasteiger partial charge in [0.05, 0.1) is 31.7 Å². The molecular weight excluding hydrogens is 312 g/mol. The molecule has 0 saturated carbocycles. The van der Waals surface area contributed by atoms with Crippen LogP contribution in [0.15, 0.2) is 47.4 Å². The number of benzene rings is 2. The zero-order valence-corrected chi connectivity index (χ0v) is 12.8. The Labute approximate surface area is 127 Å². The first-order valence-electron chi connectivity index (χ1n) is 5.91. The second-order valence-electron chi connectivity index (χ2n) is 4.25. The Morgan fingerprint density at radius 3 is 2.85 bits per heavy atom. The summed E-state index contributed by atoms with van der Waals surface area (Å²) in [4.78, 5) is 5.05. The summed E-state index contributed by atoms with van der Waals surface area (Å²) in [7, 11) is -1.24. The van der Waals surface area contributed by atoms with Gasteiger partial charge in [-0.2, -0.15) is 0 Å². The maximum Gasteiger partial charge on any atom is 0.107 e. The summed E-state index contributed by atoms with van der Waals surface area (Å²) in [5.41, 5.74) is 7.28. The molecule has 2 aromatic carbocycles. The van der Waals surface area contributed by atoms with Gasteiger partial charge in [0.2, 0.25) is 0 Å². The highest BCUT2D eigenvalue weighted by atomic mass is 35.5. The van der Waals surface area contributed by atoms with E-state index < -0.39 is 10.8 Å². The highest BCUT2D eigenvalue weighted by Crippen LogP contribution is 2.26. The molecule has 1 atom stereocenters. The molecule has 0 radical (unpaired) electrons. The quantitative estimate of drug-likeness (QED) is 0.745. The van der Waals surface area contributed by atoms with Crippen LogP contribution in [0.2, 0.25) is 5.02 Å². The van der Waals surface area contributed by atoms with Gasteiger partial charge in [-0.15, -0.1) is 11.3 Å². The number of nitrogens with zero attached hydrogens (tertiary/aromatic N) is 1. The molecule has 1 aromatic heterocycles. The van der Waals surface area contributed by atoms with Crippen LogP contribution in [0.4, 0.5) is 5.69 Å². The van der Waals surface area contributed by atoms with Crippen molar-refractivity contribution < 1.29 is 4.21 Å². The van der Waals surface area contributed by atoms with Crippen LogP contribution in [0.5, 0.6) is 0 Å². The summed E-state index contributed by atoms with van der Waals surface area (Å²) in [6.07, 6.45) is 0. The second-order valence-corrected chi connectivity index (χ2v) is 7.22. The third kappa shape index (κ3) is 2.70. The van der Waals surface area contributed by atoms with E-state index in [1.54, 1.807) is 29.5 Å². The molecule has 3 nitrogen and oxygen atoms in total. The molecule has 0 aliphatic rings. The molecule has 1 heterocycles. The lowest BCUT2D eigenvalue weighted by atomic mass is 10.3. The zero-order valence-electron chi connectivity index (χ0n) is 10.4. The fraction of sp³-hybridized carbons (Fsp3) is 0.0714. The molecule has 0 aliphatic heterocycles. The van der Waals surface area contributed by atoms with Crippen molar-refractivity contribution in [3.05, 3.63) is 52.5 Å². The lowest BCUT2D eigenvalue weighted by Gasteiger charge is -2.04. The van der Waals surface area contributed by atoms with Crippen LogP contribution in [0.3, 0.4) is 0 Å². The van der Waals surface area contributed by atoms with Crippen molar-refractivity contribution >= 4 is 49.6 Å². The number of thiazole rings is 1. The van der Waals surface area contributed by atoms with Crippen LogP contribution < -0.4 is 5.73 Å². The van der Waals surface area contributed by atoms with E-state index >= 15 is 0 Å². The van der Waals surface area contributed by atoms with Gasteiger partial charge in [-0.3, -0.25) is 4.21 Å². The Morgan fingerprint density at radius 1 is 1.25 bits per heavy atom. The van der Waals surface area contributed by atoms with Gasteiger partial charge in [0.15, 0.2) is 0 Å². The number of nitrogens with two attached hydrogens (primary N) is 1. The smallest absolute Gasteiger partial charge is 0.107 e.